The third-order valence-electron chi connectivity index (χ3n) is 4.15. The molecule has 0 aliphatic carbocycles. The van der Waals surface area contributed by atoms with Crippen LogP contribution >= 0.6 is 0 Å². The van der Waals surface area contributed by atoms with Crippen LogP contribution in [0.3, 0.4) is 0 Å². The van der Waals surface area contributed by atoms with Gasteiger partial charge < -0.3 is 10.2 Å². The molecular weight excluding hydrogens is 258 g/mol. The SMILES string of the molecule is CN(CCc1ccccn1)Cc1cccc2c1CCNC2. The van der Waals surface area contributed by atoms with Gasteiger partial charge in [0.15, 0.2) is 0 Å². The molecule has 21 heavy (non-hydrogen) atoms. The number of nitrogens with one attached hydrogen (secondary N) is 1. The van der Waals surface area contributed by atoms with Crippen LogP contribution in [0, 0.1) is 0 Å². The van der Waals surface area contributed by atoms with Crippen molar-refractivity contribution in [3.8, 4) is 0 Å². The molecule has 3 nitrogen and oxygen atoms in total. The van der Waals surface area contributed by atoms with Gasteiger partial charge in [-0.25, -0.2) is 0 Å². The Bertz CT molecular complexity index is 580. The maximum atomic E-state index is 4.39. The lowest BCUT2D eigenvalue weighted by atomic mass is 9.95. The zero-order valence-corrected chi connectivity index (χ0v) is 12.7. The molecule has 0 fully saturated rings. The van der Waals surface area contributed by atoms with Crippen LogP contribution in [-0.4, -0.2) is 30.0 Å². The van der Waals surface area contributed by atoms with E-state index in [1.165, 1.54) is 16.8 Å². The van der Waals surface area contributed by atoms with Gasteiger partial charge in [-0.2, -0.15) is 0 Å². The third kappa shape index (κ3) is 3.69. The van der Waals surface area contributed by atoms with Crippen LogP contribution in [0.5, 0.6) is 0 Å². The maximum Gasteiger partial charge on any atom is 0.0416 e. The van der Waals surface area contributed by atoms with Gasteiger partial charge >= 0.3 is 0 Å². The summed E-state index contributed by atoms with van der Waals surface area (Å²) >= 11 is 0. The topological polar surface area (TPSA) is 28.2 Å². The van der Waals surface area contributed by atoms with Gasteiger partial charge in [0.1, 0.15) is 0 Å². The fraction of sp³-hybridized carbons (Fsp3) is 0.389. The van der Waals surface area contributed by atoms with Crippen molar-refractivity contribution in [1.29, 1.82) is 0 Å². The molecule has 1 aromatic heterocycles. The largest absolute Gasteiger partial charge is 0.312 e. The molecule has 1 aliphatic heterocycles. The normalized spacial score (nSPS) is 14.2. The van der Waals surface area contributed by atoms with Gasteiger partial charge in [-0.3, -0.25) is 4.98 Å². The summed E-state index contributed by atoms with van der Waals surface area (Å²) < 4.78 is 0. The van der Waals surface area contributed by atoms with Crippen LogP contribution in [0.1, 0.15) is 22.4 Å². The lowest BCUT2D eigenvalue weighted by Gasteiger charge is -2.23. The van der Waals surface area contributed by atoms with E-state index in [0.717, 1.165) is 39.0 Å². The second-order valence-electron chi connectivity index (χ2n) is 5.79. The maximum absolute atomic E-state index is 4.39. The molecule has 1 aliphatic rings. The van der Waals surface area contributed by atoms with Crippen LogP contribution in [0.4, 0.5) is 0 Å². The summed E-state index contributed by atoms with van der Waals surface area (Å²) in [5.74, 6) is 0. The number of likely N-dealkylation sites (N-methyl/N-ethyl adjacent to an activating group) is 1. The molecular formula is C18H23N3. The van der Waals surface area contributed by atoms with E-state index < -0.39 is 0 Å². The second-order valence-corrected chi connectivity index (χ2v) is 5.79. The van der Waals surface area contributed by atoms with Gasteiger partial charge in [0, 0.05) is 37.9 Å². The Hall–Kier alpha value is -1.71. The van der Waals surface area contributed by atoms with Gasteiger partial charge in [0.25, 0.3) is 0 Å². The van der Waals surface area contributed by atoms with Crippen molar-refractivity contribution in [2.24, 2.45) is 0 Å². The predicted octanol–water partition coefficient (Wildman–Crippen LogP) is 2.40. The van der Waals surface area contributed by atoms with E-state index in [9.17, 15) is 0 Å². The lowest BCUT2D eigenvalue weighted by molar-refractivity contribution is 0.328. The Labute approximate surface area is 127 Å². The highest BCUT2D eigenvalue weighted by atomic mass is 15.1. The summed E-state index contributed by atoms with van der Waals surface area (Å²) in [6.07, 6.45) is 4.03. The number of rotatable bonds is 5. The van der Waals surface area contributed by atoms with Crippen LogP contribution in [0.15, 0.2) is 42.6 Å². The average molecular weight is 281 g/mol. The standard InChI is InChI=1S/C18H23N3/c1-21(12-9-17-7-2-3-10-20-17)14-16-6-4-5-15-13-19-11-8-18(15)16/h2-7,10,19H,8-9,11-14H2,1H3. The predicted molar refractivity (Wildman–Crippen MR) is 86.1 cm³/mol. The first-order valence-electron chi connectivity index (χ1n) is 7.72. The first kappa shape index (κ1) is 14.2. The fourth-order valence-electron chi connectivity index (χ4n) is 2.98. The molecule has 0 bridgehead atoms. The third-order valence-corrected chi connectivity index (χ3v) is 4.15. The Morgan fingerprint density at radius 3 is 3.00 bits per heavy atom. The molecule has 3 heteroatoms. The lowest BCUT2D eigenvalue weighted by Crippen LogP contribution is -2.27. The molecule has 0 atom stereocenters. The quantitative estimate of drug-likeness (QED) is 0.912. The first-order chi connectivity index (χ1) is 10.3. The first-order valence-corrected chi connectivity index (χ1v) is 7.72. The van der Waals surface area contributed by atoms with E-state index in [1.54, 1.807) is 5.56 Å². The number of aromatic nitrogens is 1. The summed E-state index contributed by atoms with van der Waals surface area (Å²) in [5, 5.41) is 3.45. The van der Waals surface area contributed by atoms with Gasteiger partial charge in [-0.15, -0.1) is 0 Å². The highest BCUT2D eigenvalue weighted by Gasteiger charge is 2.13. The van der Waals surface area contributed by atoms with Gasteiger partial charge in [0.2, 0.25) is 0 Å². The highest BCUT2D eigenvalue weighted by Crippen LogP contribution is 2.19. The molecule has 110 valence electrons. The molecule has 1 aromatic carbocycles. The molecule has 0 unspecified atom stereocenters. The zero-order valence-electron chi connectivity index (χ0n) is 12.7. The van der Waals surface area contributed by atoms with Gasteiger partial charge in [-0.05, 0) is 48.8 Å². The van der Waals surface area contributed by atoms with E-state index in [1.807, 2.05) is 12.3 Å². The van der Waals surface area contributed by atoms with Crippen LogP contribution < -0.4 is 5.32 Å². The molecule has 0 saturated heterocycles. The van der Waals surface area contributed by atoms with Gasteiger partial charge in [-0.1, -0.05) is 24.3 Å². The number of hydrogen-bond acceptors (Lipinski definition) is 3. The summed E-state index contributed by atoms with van der Waals surface area (Å²) in [7, 11) is 2.20. The molecule has 3 rings (SSSR count). The van der Waals surface area contributed by atoms with Crippen molar-refractivity contribution < 1.29 is 0 Å². The highest BCUT2D eigenvalue weighted by molar-refractivity contribution is 5.37. The number of nitrogens with zero attached hydrogens (tertiary/aromatic N) is 2. The van der Waals surface area contributed by atoms with Crippen LogP contribution in [0.2, 0.25) is 0 Å². The minimum absolute atomic E-state index is 1.01. The summed E-state index contributed by atoms with van der Waals surface area (Å²) in [6, 6.07) is 12.8. The number of fused-ring (bicyclic) bond motifs is 1. The molecule has 0 spiro atoms. The van der Waals surface area contributed by atoms with E-state index in [4.69, 9.17) is 0 Å². The van der Waals surface area contributed by atoms with Crippen molar-refractivity contribution in [2.75, 3.05) is 20.1 Å². The molecule has 0 amide bonds. The number of benzene rings is 1. The van der Waals surface area contributed by atoms with E-state index >= 15 is 0 Å². The molecule has 2 heterocycles. The van der Waals surface area contributed by atoms with Crippen LogP contribution in [-0.2, 0) is 25.9 Å². The Morgan fingerprint density at radius 1 is 1.19 bits per heavy atom. The summed E-state index contributed by atoms with van der Waals surface area (Å²) in [6.45, 7) is 4.18. The zero-order chi connectivity index (χ0) is 14.5. The molecule has 1 N–H and O–H groups in total. The Balaban J connectivity index is 1.61. The van der Waals surface area contributed by atoms with Crippen molar-refractivity contribution in [3.63, 3.8) is 0 Å². The Morgan fingerprint density at radius 2 is 2.14 bits per heavy atom. The average Bonchev–Trinajstić information content (AvgIpc) is 2.54. The van der Waals surface area contributed by atoms with E-state index in [-0.39, 0.29) is 0 Å². The second kappa shape index (κ2) is 6.83. The Kier molecular flexibility index (Phi) is 4.63. The number of pyridine rings is 1. The van der Waals surface area contributed by atoms with Gasteiger partial charge in [0.05, 0.1) is 0 Å². The molecule has 0 radical (unpaired) electrons. The van der Waals surface area contributed by atoms with E-state index in [2.05, 4.69) is 52.6 Å². The van der Waals surface area contributed by atoms with Crippen molar-refractivity contribution in [3.05, 3.63) is 65.0 Å². The van der Waals surface area contributed by atoms with Crippen LogP contribution in [0.25, 0.3) is 0 Å². The smallest absolute Gasteiger partial charge is 0.0416 e. The summed E-state index contributed by atoms with van der Waals surface area (Å²) in [4.78, 5) is 6.79. The fourth-order valence-corrected chi connectivity index (χ4v) is 2.98. The monoisotopic (exact) mass is 281 g/mol. The van der Waals surface area contributed by atoms with E-state index in [0.29, 0.717) is 0 Å². The minimum atomic E-state index is 1.01. The number of hydrogen-bond donors (Lipinski definition) is 1. The molecule has 2 aromatic rings. The van der Waals surface area contributed by atoms with Crippen molar-refractivity contribution in [2.45, 2.75) is 25.9 Å². The minimum Gasteiger partial charge on any atom is -0.312 e. The summed E-state index contributed by atoms with van der Waals surface area (Å²) in [5.41, 5.74) is 5.68. The molecule has 0 saturated carbocycles. The van der Waals surface area contributed by atoms with Crippen molar-refractivity contribution >= 4 is 0 Å². The van der Waals surface area contributed by atoms with Crippen molar-refractivity contribution in [1.82, 2.24) is 15.2 Å².